The molecule has 0 saturated carbocycles. The molecule has 0 fully saturated rings. The summed E-state index contributed by atoms with van der Waals surface area (Å²) in [5.74, 6) is 1.49. The van der Waals surface area contributed by atoms with Gasteiger partial charge >= 0.3 is 6.03 Å². The summed E-state index contributed by atoms with van der Waals surface area (Å²) >= 11 is 0. The smallest absolute Gasteiger partial charge is 0.319 e. The predicted octanol–water partition coefficient (Wildman–Crippen LogP) is 4.01. The molecule has 0 spiro atoms. The van der Waals surface area contributed by atoms with E-state index in [1.807, 2.05) is 49.4 Å². The summed E-state index contributed by atoms with van der Waals surface area (Å²) in [4.78, 5) is 12.2. The van der Waals surface area contributed by atoms with Gasteiger partial charge in [0.15, 0.2) is 0 Å². The number of urea groups is 1. The van der Waals surface area contributed by atoms with Crippen LogP contribution in [0.15, 0.2) is 61.2 Å². The maximum Gasteiger partial charge on any atom is 0.319 e. The fourth-order valence-corrected chi connectivity index (χ4v) is 2.41. The van der Waals surface area contributed by atoms with Gasteiger partial charge in [-0.2, -0.15) is 0 Å². The summed E-state index contributed by atoms with van der Waals surface area (Å²) in [6, 6.07) is 14.8. The first-order valence-electron chi connectivity index (χ1n) is 8.15. The summed E-state index contributed by atoms with van der Waals surface area (Å²) in [5.41, 5.74) is 1.78. The molecule has 1 atom stereocenters. The lowest BCUT2D eigenvalue weighted by Crippen LogP contribution is -2.37. The standard InChI is InChI=1S/C20H24N2O3/c1-4-11-25-19-10-6-8-17(14-19)22-20(23)21-15(2)12-16-7-5-9-18(13-16)24-3/h4-10,13-15H,1,11-12H2,2-3H3,(H2,21,22,23). The third kappa shape index (κ3) is 6.22. The molecule has 1 unspecified atom stereocenters. The van der Waals surface area contributed by atoms with E-state index < -0.39 is 0 Å². The fraction of sp³-hybridized carbons (Fsp3) is 0.250. The molecule has 0 aromatic heterocycles. The van der Waals surface area contributed by atoms with Gasteiger partial charge in [0.2, 0.25) is 0 Å². The van der Waals surface area contributed by atoms with Gasteiger partial charge in [-0.3, -0.25) is 0 Å². The topological polar surface area (TPSA) is 59.6 Å². The number of hydrogen-bond donors (Lipinski definition) is 2. The Bertz CT molecular complexity index is 716. The van der Waals surface area contributed by atoms with Gasteiger partial charge < -0.3 is 20.1 Å². The number of anilines is 1. The molecule has 2 N–H and O–H groups in total. The van der Waals surface area contributed by atoms with Crippen LogP contribution in [-0.4, -0.2) is 25.8 Å². The average Bonchev–Trinajstić information content (AvgIpc) is 2.60. The zero-order valence-electron chi connectivity index (χ0n) is 14.6. The van der Waals surface area contributed by atoms with E-state index in [0.717, 1.165) is 11.3 Å². The highest BCUT2D eigenvalue weighted by molar-refractivity contribution is 5.89. The number of methoxy groups -OCH3 is 1. The molecule has 0 aliphatic heterocycles. The maximum absolute atomic E-state index is 12.2. The zero-order chi connectivity index (χ0) is 18.1. The van der Waals surface area contributed by atoms with Crippen molar-refractivity contribution in [1.29, 1.82) is 0 Å². The molecule has 0 heterocycles. The van der Waals surface area contributed by atoms with E-state index >= 15 is 0 Å². The van der Waals surface area contributed by atoms with Crippen LogP contribution in [-0.2, 0) is 6.42 Å². The lowest BCUT2D eigenvalue weighted by molar-refractivity contribution is 0.249. The number of carbonyl (C=O) groups excluding carboxylic acids is 1. The predicted molar refractivity (Wildman–Crippen MR) is 100 cm³/mol. The summed E-state index contributed by atoms with van der Waals surface area (Å²) < 4.78 is 10.7. The Hall–Kier alpha value is -2.95. The third-order valence-corrected chi connectivity index (χ3v) is 3.51. The first kappa shape index (κ1) is 18.4. The van der Waals surface area contributed by atoms with Gasteiger partial charge in [0.1, 0.15) is 18.1 Å². The summed E-state index contributed by atoms with van der Waals surface area (Å²) in [7, 11) is 1.64. The number of benzene rings is 2. The van der Waals surface area contributed by atoms with Crippen molar-refractivity contribution in [2.24, 2.45) is 0 Å². The highest BCUT2D eigenvalue weighted by Gasteiger charge is 2.09. The monoisotopic (exact) mass is 340 g/mol. The van der Waals surface area contributed by atoms with Crippen LogP contribution in [0, 0.1) is 0 Å². The average molecular weight is 340 g/mol. The quantitative estimate of drug-likeness (QED) is 0.714. The molecule has 5 heteroatoms. The van der Waals surface area contributed by atoms with Gasteiger partial charge in [0, 0.05) is 17.8 Å². The highest BCUT2D eigenvalue weighted by Crippen LogP contribution is 2.17. The second-order valence-corrected chi connectivity index (χ2v) is 5.68. The summed E-state index contributed by atoms with van der Waals surface area (Å²) in [6.45, 7) is 6.00. The van der Waals surface area contributed by atoms with Crippen LogP contribution in [0.25, 0.3) is 0 Å². The van der Waals surface area contributed by atoms with Crippen molar-refractivity contribution in [2.45, 2.75) is 19.4 Å². The van der Waals surface area contributed by atoms with E-state index in [1.165, 1.54) is 0 Å². The third-order valence-electron chi connectivity index (χ3n) is 3.51. The lowest BCUT2D eigenvalue weighted by Gasteiger charge is -2.15. The molecular formula is C20H24N2O3. The zero-order valence-corrected chi connectivity index (χ0v) is 14.6. The lowest BCUT2D eigenvalue weighted by atomic mass is 10.1. The van der Waals surface area contributed by atoms with Crippen molar-refractivity contribution in [3.05, 3.63) is 66.7 Å². The fourth-order valence-electron chi connectivity index (χ4n) is 2.41. The minimum absolute atomic E-state index is 0.0210. The van der Waals surface area contributed by atoms with E-state index in [-0.39, 0.29) is 12.1 Å². The highest BCUT2D eigenvalue weighted by atomic mass is 16.5. The number of nitrogens with one attached hydrogen (secondary N) is 2. The van der Waals surface area contributed by atoms with Crippen molar-refractivity contribution in [2.75, 3.05) is 19.0 Å². The molecule has 0 saturated heterocycles. The molecule has 0 aliphatic rings. The Morgan fingerprint density at radius 1 is 1.20 bits per heavy atom. The molecule has 0 aliphatic carbocycles. The molecule has 2 aromatic rings. The molecule has 2 rings (SSSR count). The van der Waals surface area contributed by atoms with Gasteiger partial charge in [0.05, 0.1) is 7.11 Å². The van der Waals surface area contributed by atoms with Gasteiger partial charge in [-0.15, -0.1) is 0 Å². The van der Waals surface area contributed by atoms with Crippen molar-refractivity contribution in [3.8, 4) is 11.5 Å². The number of ether oxygens (including phenoxy) is 2. The second kappa shape index (κ2) is 9.37. The van der Waals surface area contributed by atoms with Crippen molar-refractivity contribution >= 4 is 11.7 Å². The Labute approximate surface area is 148 Å². The van der Waals surface area contributed by atoms with E-state index in [0.29, 0.717) is 24.5 Å². The van der Waals surface area contributed by atoms with Crippen LogP contribution in [0.5, 0.6) is 11.5 Å². The number of rotatable bonds is 8. The van der Waals surface area contributed by atoms with E-state index in [2.05, 4.69) is 17.2 Å². The van der Waals surface area contributed by atoms with Gasteiger partial charge in [-0.1, -0.05) is 30.9 Å². The largest absolute Gasteiger partial charge is 0.497 e. The van der Waals surface area contributed by atoms with Crippen molar-refractivity contribution in [1.82, 2.24) is 5.32 Å². The number of carbonyl (C=O) groups is 1. The molecule has 132 valence electrons. The van der Waals surface area contributed by atoms with Crippen molar-refractivity contribution in [3.63, 3.8) is 0 Å². The van der Waals surface area contributed by atoms with Crippen LogP contribution in [0.2, 0.25) is 0 Å². The Morgan fingerprint density at radius 3 is 2.72 bits per heavy atom. The van der Waals surface area contributed by atoms with Gasteiger partial charge in [-0.05, 0) is 43.2 Å². The summed E-state index contributed by atoms with van der Waals surface area (Å²) in [5, 5.41) is 5.75. The minimum atomic E-state index is -0.253. The van der Waals surface area contributed by atoms with Crippen LogP contribution < -0.4 is 20.1 Å². The number of hydrogen-bond acceptors (Lipinski definition) is 3. The molecule has 5 nitrogen and oxygen atoms in total. The molecule has 0 radical (unpaired) electrons. The molecular weight excluding hydrogens is 316 g/mol. The van der Waals surface area contributed by atoms with Gasteiger partial charge in [0.25, 0.3) is 0 Å². The molecule has 2 amide bonds. The Balaban J connectivity index is 1.87. The number of amides is 2. The second-order valence-electron chi connectivity index (χ2n) is 5.68. The first-order valence-corrected chi connectivity index (χ1v) is 8.15. The van der Waals surface area contributed by atoms with Crippen LogP contribution in [0.4, 0.5) is 10.5 Å². The van der Waals surface area contributed by atoms with Crippen LogP contribution in [0.3, 0.4) is 0 Å². The SMILES string of the molecule is C=CCOc1cccc(NC(=O)NC(C)Cc2cccc(OC)c2)c1. The normalized spacial score (nSPS) is 11.3. The maximum atomic E-state index is 12.2. The van der Waals surface area contributed by atoms with Crippen molar-refractivity contribution < 1.29 is 14.3 Å². The van der Waals surface area contributed by atoms with Gasteiger partial charge in [-0.25, -0.2) is 4.79 Å². The van der Waals surface area contributed by atoms with Crippen LogP contribution >= 0.6 is 0 Å². The Morgan fingerprint density at radius 2 is 1.96 bits per heavy atom. The minimum Gasteiger partial charge on any atom is -0.497 e. The molecule has 0 bridgehead atoms. The molecule has 25 heavy (non-hydrogen) atoms. The van der Waals surface area contributed by atoms with E-state index in [9.17, 15) is 4.79 Å². The summed E-state index contributed by atoms with van der Waals surface area (Å²) in [6.07, 6.45) is 2.39. The van der Waals surface area contributed by atoms with E-state index in [1.54, 1.807) is 19.3 Å². The Kier molecular flexibility index (Phi) is 6.89. The molecule has 2 aromatic carbocycles. The first-order chi connectivity index (χ1) is 12.1. The van der Waals surface area contributed by atoms with E-state index in [4.69, 9.17) is 9.47 Å². The van der Waals surface area contributed by atoms with Crippen LogP contribution in [0.1, 0.15) is 12.5 Å².